The first-order valence-electron chi connectivity index (χ1n) is 5.19. The van der Waals surface area contributed by atoms with Gasteiger partial charge in [-0.15, -0.1) is 11.3 Å². The standard InChI is InChI=1S/C11H19NO2S/c1-8(12-6-10(14)7-13)5-11-4-3-9(2)15-11/h3-4,8,10,12-14H,5-7H2,1-2H3. The van der Waals surface area contributed by atoms with Crippen molar-refractivity contribution in [2.75, 3.05) is 13.2 Å². The number of hydrogen-bond donors (Lipinski definition) is 3. The molecule has 1 heterocycles. The van der Waals surface area contributed by atoms with Crippen molar-refractivity contribution in [3.63, 3.8) is 0 Å². The summed E-state index contributed by atoms with van der Waals surface area (Å²) >= 11 is 1.80. The Balaban J connectivity index is 2.27. The summed E-state index contributed by atoms with van der Waals surface area (Å²) in [7, 11) is 0. The van der Waals surface area contributed by atoms with Crippen molar-refractivity contribution in [3.05, 3.63) is 21.9 Å². The number of rotatable bonds is 6. The molecule has 0 aliphatic heterocycles. The minimum atomic E-state index is -0.655. The van der Waals surface area contributed by atoms with E-state index in [-0.39, 0.29) is 6.61 Å². The maximum Gasteiger partial charge on any atom is 0.0895 e. The molecule has 1 rings (SSSR count). The van der Waals surface area contributed by atoms with E-state index in [1.807, 2.05) is 0 Å². The fourth-order valence-corrected chi connectivity index (χ4v) is 2.39. The van der Waals surface area contributed by atoms with Crippen LogP contribution in [-0.2, 0) is 6.42 Å². The maximum absolute atomic E-state index is 9.17. The summed E-state index contributed by atoms with van der Waals surface area (Å²) < 4.78 is 0. The molecule has 86 valence electrons. The Labute approximate surface area is 94.8 Å². The summed E-state index contributed by atoms with van der Waals surface area (Å²) in [5.41, 5.74) is 0. The van der Waals surface area contributed by atoms with E-state index >= 15 is 0 Å². The van der Waals surface area contributed by atoms with Crippen molar-refractivity contribution < 1.29 is 10.2 Å². The molecule has 0 spiro atoms. The Morgan fingerprint density at radius 2 is 2.20 bits per heavy atom. The largest absolute Gasteiger partial charge is 0.394 e. The molecule has 0 aliphatic carbocycles. The van der Waals surface area contributed by atoms with Crippen LogP contribution in [0.2, 0.25) is 0 Å². The molecule has 0 saturated heterocycles. The molecule has 3 N–H and O–H groups in total. The summed E-state index contributed by atoms with van der Waals surface area (Å²) in [6, 6.07) is 4.58. The van der Waals surface area contributed by atoms with E-state index in [1.54, 1.807) is 11.3 Å². The molecule has 0 saturated carbocycles. The molecule has 1 aromatic heterocycles. The van der Waals surface area contributed by atoms with Gasteiger partial charge in [-0.25, -0.2) is 0 Å². The first kappa shape index (κ1) is 12.6. The molecular formula is C11H19NO2S. The van der Waals surface area contributed by atoms with Gasteiger partial charge in [-0.2, -0.15) is 0 Å². The summed E-state index contributed by atoms with van der Waals surface area (Å²) in [5, 5.41) is 21.0. The van der Waals surface area contributed by atoms with Crippen molar-refractivity contribution in [2.45, 2.75) is 32.4 Å². The average Bonchev–Trinajstić information content (AvgIpc) is 2.60. The highest BCUT2D eigenvalue weighted by molar-refractivity contribution is 7.11. The summed E-state index contributed by atoms with van der Waals surface area (Å²) in [5.74, 6) is 0. The van der Waals surface area contributed by atoms with Gasteiger partial charge in [-0.1, -0.05) is 0 Å². The summed E-state index contributed by atoms with van der Waals surface area (Å²) in [4.78, 5) is 2.68. The molecule has 0 fully saturated rings. The number of aliphatic hydroxyl groups is 2. The van der Waals surface area contributed by atoms with Crippen LogP contribution < -0.4 is 5.32 Å². The zero-order valence-electron chi connectivity index (χ0n) is 9.23. The average molecular weight is 229 g/mol. The number of thiophene rings is 1. The molecule has 4 heteroatoms. The normalized spacial score (nSPS) is 15.2. The predicted octanol–water partition coefficient (Wildman–Crippen LogP) is 0.930. The quantitative estimate of drug-likeness (QED) is 0.680. The van der Waals surface area contributed by atoms with Gasteiger partial charge in [0.05, 0.1) is 12.7 Å². The Kier molecular flexibility index (Phi) is 5.25. The third-order valence-corrected chi connectivity index (χ3v) is 3.24. The third kappa shape index (κ3) is 4.75. The van der Waals surface area contributed by atoms with Gasteiger partial charge < -0.3 is 15.5 Å². The zero-order valence-corrected chi connectivity index (χ0v) is 10.0. The lowest BCUT2D eigenvalue weighted by Gasteiger charge is -2.15. The molecule has 0 aromatic carbocycles. The Morgan fingerprint density at radius 3 is 2.73 bits per heavy atom. The van der Waals surface area contributed by atoms with E-state index in [1.165, 1.54) is 9.75 Å². The Hall–Kier alpha value is -0.420. The van der Waals surface area contributed by atoms with Gasteiger partial charge in [-0.05, 0) is 32.4 Å². The van der Waals surface area contributed by atoms with E-state index in [2.05, 4.69) is 31.3 Å². The summed E-state index contributed by atoms with van der Waals surface area (Å²) in [6.45, 7) is 4.45. The number of nitrogens with one attached hydrogen (secondary N) is 1. The van der Waals surface area contributed by atoms with E-state index in [0.29, 0.717) is 12.6 Å². The lowest BCUT2D eigenvalue weighted by Crippen LogP contribution is -2.36. The molecule has 0 bridgehead atoms. The second kappa shape index (κ2) is 6.23. The van der Waals surface area contributed by atoms with Crippen LogP contribution >= 0.6 is 11.3 Å². The maximum atomic E-state index is 9.17. The van der Waals surface area contributed by atoms with Crippen molar-refractivity contribution in [1.29, 1.82) is 0 Å². The fraction of sp³-hybridized carbons (Fsp3) is 0.636. The van der Waals surface area contributed by atoms with Crippen molar-refractivity contribution in [1.82, 2.24) is 5.32 Å². The Bertz CT molecular complexity index is 288. The van der Waals surface area contributed by atoms with Crippen LogP contribution in [0.15, 0.2) is 12.1 Å². The van der Waals surface area contributed by atoms with Crippen LogP contribution in [0.25, 0.3) is 0 Å². The van der Waals surface area contributed by atoms with Crippen LogP contribution in [0, 0.1) is 6.92 Å². The van der Waals surface area contributed by atoms with Crippen molar-refractivity contribution in [2.24, 2.45) is 0 Å². The topological polar surface area (TPSA) is 52.5 Å². The predicted molar refractivity (Wildman–Crippen MR) is 63.3 cm³/mol. The van der Waals surface area contributed by atoms with Gasteiger partial charge in [0, 0.05) is 22.3 Å². The SMILES string of the molecule is Cc1ccc(CC(C)NCC(O)CO)s1. The first-order valence-corrected chi connectivity index (χ1v) is 6.01. The second-order valence-electron chi connectivity index (χ2n) is 3.86. The van der Waals surface area contributed by atoms with Crippen LogP contribution in [0.1, 0.15) is 16.7 Å². The smallest absolute Gasteiger partial charge is 0.0895 e. The molecule has 3 nitrogen and oxygen atoms in total. The van der Waals surface area contributed by atoms with E-state index in [9.17, 15) is 0 Å². The minimum Gasteiger partial charge on any atom is -0.394 e. The lowest BCUT2D eigenvalue weighted by molar-refractivity contribution is 0.0924. The van der Waals surface area contributed by atoms with E-state index in [4.69, 9.17) is 10.2 Å². The van der Waals surface area contributed by atoms with E-state index < -0.39 is 6.10 Å². The van der Waals surface area contributed by atoms with Crippen LogP contribution in [0.5, 0.6) is 0 Å². The highest BCUT2D eigenvalue weighted by Crippen LogP contribution is 2.16. The van der Waals surface area contributed by atoms with Crippen LogP contribution in [-0.4, -0.2) is 35.5 Å². The highest BCUT2D eigenvalue weighted by Gasteiger charge is 2.07. The minimum absolute atomic E-state index is 0.183. The van der Waals surface area contributed by atoms with Crippen LogP contribution in [0.3, 0.4) is 0 Å². The van der Waals surface area contributed by atoms with Gasteiger partial charge >= 0.3 is 0 Å². The molecule has 2 atom stereocenters. The molecule has 0 radical (unpaired) electrons. The van der Waals surface area contributed by atoms with Crippen molar-refractivity contribution in [3.8, 4) is 0 Å². The molecule has 0 amide bonds. The van der Waals surface area contributed by atoms with Gasteiger partial charge in [0.2, 0.25) is 0 Å². The molecule has 15 heavy (non-hydrogen) atoms. The Morgan fingerprint density at radius 1 is 1.47 bits per heavy atom. The second-order valence-corrected chi connectivity index (χ2v) is 5.23. The molecule has 0 aliphatic rings. The van der Waals surface area contributed by atoms with Gasteiger partial charge in [0.15, 0.2) is 0 Å². The highest BCUT2D eigenvalue weighted by atomic mass is 32.1. The van der Waals surface area contributed by atoms with Gasteiger partial charge in [0.25, 0.3) is 0 Å². The van der Waals surface area contributed by atoms with E-state index in [0.717, 1.165) is 6.42 Å². The number of aliphatic hydroxyl groups excluding tert-OH is 2. The van der Waals surface area contributed by atoms with Crippen LogP contribution in [0.4, 0.5) is 0 Å². The third-order valence-electron chi connectivity index (χ3n) is 2.22. The first-order chi connectivity index (χ1) is 7.11. The summed E-state index contributed by atoms with van der Waals surface area (Å²) in [6.07, 6.45) is 0.314. The van der Waals surface area contributed by atoms with Gasteiger partial charge in [-0.3, -0.25) is 0 Å². The zero-order chi connectivity index (χ0) is 11.3. The number of hydrogen-bond acceptors (Lipinski definition) is 4. The molecular weight excluding hydrogens is 210 g/mol. The fourth-order valence-electron chi connectivity index (χ4n) is 1.37. The lowest BCUT2D eigenvalue weighted by atomic mass is 10.2. The molecule has 2 unspecified atom stereocenters. The molecule has 1 aromatic rings. The number of aryl methyl sites for hydroxylation is 1. The monoisotopic (exact) mass is 229 g/mol. The van der Waals surface area contributed by atoms with Gasteiger partial charge in [0.1, 0.15) is 0 Å². The van der Waals surface area contributed by atoms with Crippen molar-refractivity contribution >= 4 is 11.3 Å².